The van der Waals surface area contributed by atoms with E-state index >= 15 is 0 Å². The van der Waals surface area contributed by atoms with Gasteiger partial charge in [0.25, 0.3) is 20.0 Å². The number of aryl methyl sites for hydroxylation is 2. The fraction of sp³-hybridized carbons (Fsp3) is 0.288. The third kappa shape index (κ3) is 11.0. The number of ether oxygens (including phenoxy) is 1. The Morgan fingerprint density at radius 3 is 1.66 bits per heavy atom. The van der Waals surface area contributed by atoms with Crippen LogP contribution in [0.4, 0.5) is 4.79 Å². The first-order chi connectivity index (χ1) is 40.8. The highest BCUT2D eigenvalue weighted by atomic mass is 32.2. The summed E-state index contributed by atoms with van der Waals surface area (Å²) in [6.45, 7) is 14.7. The highest BCUT2D eigenvalue weighted by Gasteiger charge is 2.33. The van der Waals surface area contributed by atoms with Crippen LogP contribution in [0.15, 0.2) is 174 Å². The largest absolute Gasteiger partial charge is 0.445 e. The molecule has 0 saturated carbocycles. The minimum absolute atomic E-state index is 0.134. The summed E-state index contributed by atoms with van der Waals surface area (Å²) in [5.74, 6) is 2.02. The molecular weight excluding hydrogens is 1110 g/mol. The van der Waals surface area contributed by atoms with E-state index in [4.69, 9.17) is 14.7 Å². The SMILES string of the molecule is Cc1ccc(S(=O)(=O)n2ccc3c2ncn2c(-c4ccc(C(C)(C)O)cc4)nc(C4CCCN(C(=O)OCc5ccccc5)C4)c32)cc1.Cc1ccc(S(=O)(=O)n2ccc3c2ncn2c(-c4ccc(C(C)C)cc4)nc(C4CCCNC4)c32)cc1. The Bertz CT molecular complexity index is 4480. The van der Waals surface area contributed by atoms with Crippen molar-refractivity contribution < 1.29 is 31.5 Å². The van der Waals surface area contributed by atoms with Gasteiger partial charge < -0.3 is 20.1 Å². The molecule has 11 aromatic rings. The van der Waals surface area contributed by atoms with Gasteiger partial charge in [0.2, 0.25) is 0 Å². The number of nitrogens with zero attached hydrogens (tertiary/aromatic N) is 9. The third-order valence-electron chi connectivity index (χ3n) is 16.4. The van der Waals surface area contributed by atoms with Crippen LogP contribution >= 0.6 is 0 Å². The number of piperidine rings is 2. The molecule has 1 amide bonds. The maximum atomic E-state index is 13.8. The molecule has 13 rings (SSSR count). The van der Waals surface area contributed by atoms with Crippen LogP contribution in [0.3, 0.4) is 0 Å². The van der Waals surface area contributed by atoms with Crippen molar-refractivity contribution in [1.82, 2.24) is 46.9 Å². The number of aromatic nitrogens is 8. The molecule has 2 saturated heterocycles. The van der Waals surface area contributed by atoms with Crippen molar-refractivity contribution in [3.63, 3.8) is 0 Å². The van der Waals surface area contributed by atoms with Crippen LogP contribution in [0.1, 0.15) is 110 Å². The van der Waals surface area contributed by atoms with Crippen LogP contribution in [-0.4, -0.2) is 95.8 Å². The lowest BCUT2D eigenvalue weighted by molar-refractivity contribution is 0.0785. The quantitative estimate of drug-likeness (QED) is 0.117. The van der Waals surface area contributed by atoms with E-state index in [1.165, 1.54) is 19.7 Å². The number of amides is 1. The van der Waals surface area contributed by atoms with Crippen molar-refractivity contribution in [2.45, 2.75) is 107 Å². The monoisotopic (exact) mass is 1180 g/mol. The highest BCUT2D eigenvalue weighted by molar-refractivity contribution is 7.90. The van der Waals surface area contributed by atoms with Gasteiger partial charge in [-0.25, -0.2) is 49.5 Å². The predicted molar refractivity (Wildman–Crippen MR) is 330 cm³/mol. The molecule has 2 atom stereocenters. The summed E-state index contributed by atoms with van der Waals surface area (Å²) in [4.78, 5) is 35.0. The number of aliphatic hydroxyl groups is 1. The Hall–Kier alpha value is -8.49. The molecule has 17 nitrogen and oxygen atoms in total. The van der Waals surface area contributed by atoms with Crippen LogP contribution in [-0.2, 0) is 37.0 Å². The molecule has 436 valence electrons. The summed E-state index contributed by atoms with van der Waals surface area (Å²) < 4.78 is 66.8. The topological polar surface area (TPSA) is 200 Å². The lowest BCUT2D eigenvalue weighted by Gasteiger charge is -2.31. The summed E-state index contributed by atoms with van der Waals surface area (Å²) in [5, 5.41) is 15.5. The van der Waals surface area contributed by atoms with Gasteiger partial charge in [0.1, 0.15) is 30.9 Å². The maximum absolute atomic E-state index is 13.8. The van der Waals surface area contributed by atoms with Crippen molar-refractivity contribution in [2.75, 3.05) is 26.2 Å². The van der Waals surface area contributed by atoms with Gasteiger partial charge in [0, 0.05) is 65.8 Å². The van der Waals surface area contributed by atoms with Gasteiger partial charge >= 0.3 is 6.09 Å². The first kappa shape index (κ1) is 57.0. The number of carbonyl (C=O) groups excluding carboxylic acids is 1. The van der Waals surface area contributed by atoms with Crippen LogP contribution < -0.4 is 5.32 Å². The minimum Gasteiger partial charge on any atom is -0.445 e. The average Bonchev–Trinajstić information content (AvgIpc) is 1.89. The molecule has 0 bridgehead atoms. The number of likely N-dealkylation sites (tertiary alicyclic amines) is 1. The van der Waals surface area contributed by atoms with Crippen molar-refractivity contribution in [1.29, 1.82) is 0 Å². The number of hydrogen-bond donors (Lipinski definition) is 2. The van der Waals surface area contributed by atoms with Gasteiger partial charge in [-0.3, -0.25) is 8.80 Å². The molecule has 19 heteroatoms. The first-order valence-corrected chi connectivity index (χ1v) is 31.7. The molecule has 2 aliphatic rings. The van der Waals surface area contributed by atoms with Gasteiger partial charge in [-0.1, -0.05) is 128 Å². The molecule has 0 aliphatic carbocycles. The van der Waals surface area contributed by atoms with Gasteiger partial charge in [-0.05, 0) is 119 Å². The fourth-order valence-corrected chi connectivity index (χ4v) is 14.2. The van der Waals surface area contributed by atoms with E-state index in [1.807, 2.05) is 95.4 Å². The second-order valence-corrected chi connectivity index (χ2v) is 26.8. The second-order valence-electron chi connectivity index (χ2n) is 23.2. The highest BCUT2D eigenvalue weighted by Crippen LogP contribution is 2.39. The zero-order valence-corrected chi connectivity index (χ0v) is 50.1. The molecule has 5 aromatic carbocycles. The standard InChI is InChI=1S/C37H37N5O5S.C29H31N5O2S/c1-25-11-17-30(18-12-25)48(45,46)42-21-19-31-33-32(28-10-7-20-40(22-28)36(43)47-23-26-8-5-4-6-9-26)39-34(41(33)24-38-35(31)42)27-13-15-29(16-14-27)37(2,3)44;1-19(2)21-8-10-22(11-9-21)28-32-26(23-5-4-15-30-17-23)27-25-14-16-34(29(25)31-18-33(27)28)37(35,36)24-12-6-20(3)7-13-24/h4-6,8-9,11-19,21,24,28,44H,7,10,20,22-23H2,1-3H3;6-14,16,18-19,23,30H,4-5,15,17H2,1-3H3. The Morgan fingerprint density at radius 1 is 0.659 bits per heavy atom. The van der Waals surface area contributed by atoms with Crippen molar-refractivity contribution >= 4 is 59.2 Å². The van der Waals surface area contributed by atoms with E-state index in [2.05, 4.69) is 53.4 Å². The Balaban J connectivity index is 0.000000172. The van der Waals surface area contributed by atoms with Gasteiger partial charge in [0.05, 0.1) is 37.8 Å². The van der Waals surface area contributed by atoms with Crippen LogP contribution in [0.25, 0.3) is 55.9 Å². The number of benzene rings is 5. The summed E-state index contributed by atoms with van der Waals surface area (Å²) >= 11 is 0. The van der Waals surface area contributed by atoms with Crippen LogP contribution in [0, 0.1) is 13.8 Å². The van der Waals surface area contributed by atoms with E-state index in [0.717, 1.165) is 106 Å². The van der Waals surface area contributed by atoms with Crippen LogP contribution in [0.5, 0.6) is 0 Å². The summed E-state index contributed by atoms with van der Waals surface area (Å²) in [6.07, 6.45) is 9.78. The summed E-state index contributed by atoms with van der Waals surface area (Å²) in [7, 11) is -7.72. The van der Waals surface area contributed by atoms with Crippen molar-refractivity contribution in [2.24, 2.45) is 0 Å². The van der Waals surface area contributed by atoms with E-state index in [1.54, 1.807) is 80.1 Å². The molecule has 0 spiro atoms. The zero-order chi connectivity index (χ0) is 59.4. The molecule has 2 unspecified atom stereocenters. The molecule has 85 heavy (non-hydrogen) atoms. The van der Waals surface area contributed by atoms with Crippen molar-refractivity contribution in [3.8, 4) is 22.8 Å². The summed E-state index contributed by atoms with van der Waals surface area (Å²) in [6, 6.07) is 43.0. The van der Waals surface area contributed by atoms with E-state index in [0.29, 0.717) is 41.5 Å². The van der Waals surface area contributed by atoms with E-state index in [9.17, 15) is 26.7 Å². The number of imidazole rings is 2. The predicted octanol–water partition coefficient (Wildman–Crippen LogP) is 12.1. The molecule has 0 radical (unpaired) electrons. The number of carbonyl (C=O) groups is 1. The Kier molecular flexibility index (Phi) is 15.3. The van der Waals surface area contributed by atoms with E-state index < -0.39 is 25.6 Å². The molecule has 8 heterocycles. The Morgan fingerprint density at radius 2 is 1.16 bits per heavy atom. The smallest absolute Gasteiger partial charge is 0.410 e. The van der Waals surface area contributed by atoms with Crippen LogP contribution in [0.2, 0.25) is 0 Å². The fourth-order valence-electron chi connectivity index (χ4n) is 11.6. The molecule has 2 N–H and O–H groups in total. The molecular formula is C66H68N10O7S2. The third-order valence-corrected chi connectivity index (χ3v) is 19.8. The van der Waals surface area contributed by atoms with E-state index in [-0.39, 0.29) is 34.3 Å². The lowest BCUT2D eigenvalue weighted by atomic mass is 9.94. The number of nitrogens with one attached hydrogen (secondary N) is 1. The molecule has 6 aromatic heterocycles. The number of hydrogen-bond acceptors (Lipinski definition) is 12. The first-order valence-electron chi connectivity index (χ1n) is 28.9. The second kappa shape index (κ2) is 22.8. The maximum Gasteiger partial charge on any atom is 0.410 e. The Labute approximate surface area is 494 Å². The summed E-state index contributed by atoms with van der Waals surface area (Å²) in [5.41, 5.74) is 9.89. The normalized spacial score (nSPS) is 16.1. The lowest BCUT2D eigenvalue weighted by Crippen LogP contribution is -2.39. The minimum atomic E-state index is -3.93. The van der Waals surface area contributed by atoms with Gasteiger partial charge in [-0.2, -0.15) is 0 Å². The average molecular weight is 1180 g/mol. The number of rotatable bonds is 12. The zero-order valence-electron chi connectivity index (χ0n) is 48.4. The van der Waals surface area contributed by atoms with Gasteiger partial charge in [-0.15, -0.1) is 0 Å². The number of fused-ring (bicyclic) bond motifs is 6. The molecule has 2 fully saturated rings. The molecule has 2 aliphatic heterocycles. The van der Waals surface area contributed by atoms with Gasteiger partial charge in [0.15, 0.2) is 11.3 Å². The van der Waals surface area contributed by atoms with Crippen molar-refractivity contribution in [3.05, 3.63) is 204 Å².